The van der Waals surface area contributed by atoms with Gasteiger partial charge in [-0.15, -0.1) is 0 Å². The van der Waals surface area contributed by atoms with Crippen molar-refractivity contribution in [1.29, 1.82) is 0 Å². The van der Waals surface area contributed by atoms with Gasteiger partial charge in [0.05, 0.1) is 0 Å². The largest absolute Gasteiger partial charge is 0.359 e. The number of benzene rings is 1. The number of fused-ring (bicyclic) bond motifs is 1. The highest BCUT2D eigenvalue weighted by Crippen LogP contribution is 2.29. The molecule has 0 radical (unpaired) electrons. The average molecular weight is 230 g/mol. The summed E-state index contributed by atoms with van der Waals surface area (Å²) in [6, 6.07) is 8.77. The van der Waals surface area contributed by atoms with Crippen LogP contribution in [0, 0.1) is 0 Å². The van der Waals surface area contributed by atoms with Crippen molar-refractivity contribution in [3.63, 3.8) is 0 Å². The molecule has 3 heteroatoms. The maximum absolute atomic E-state index is 12.0. The second kappa shape index (κ2) is 4.06. The lowest BCUT2D eigenvalue weighted by atomic mass is 10.1. The lowest BCUT2D eigenvalue weighted by Gasteiger charge is -2.26. The van der Waals surface area contributed by atoms with Gasteiger partial charge < -0.3 is 10.2 Å². The number of carbonyl (C=O) groups excluding carboxylic acids is 1. The van der Waals surface area contributed by atoms with E-state index in [1.807, 2.05) is 13.0 Å². The first kappa shape index (κ1) is 10.6. The van der Waals surface area contributed by atoms with Gasteiger partial charge in [0.2, 0.25) is 5.91 Å². The van der Waals surface area contributed by atoms with Gasteiger partial charge in [0.25, 0.3) is 0 Å². The van der Waals surface area contributed by atoms with Gasteiger partial charge in [-0.3, -0.25) is 4.79 Å². The van der Waals surface area contributed by atoms with Gasteiger partial charge in [-0.25, -0.2) is 0 Å². The zero-order chi connectivity index (χ0) is 11.8. The van der Waals surface area contributed by atoms with E-state index in [1.54, 1.807) is 0 Å². The Balaban J connectivity index is 1.74. The zero-order valence-electron chi connectivity index (χ0n) is 10.1. The Morgan fingerprint density at radius 1 is 1.41 bits per heavy atom. The summed E-state index contributed by atoms with van der Waals surface area (Å²) in [6.45, 7) is 2.96. The molecule has 1 N–H and O–H groups in total. The van der Waals surface area contributed by atoms with E-state index in [2.05, 4.69) is 28.4 Å². The van der Waals surface area contributed by atoms with Crippen LogP contribution in [0.25, 0.3) is 0 Å². The van der Waals surface area contributed by atoms with Crippen LogP contribution in [0.15, 0.2) is 24.3 Å². The van der Waals surface area contributed by atoms with Crippen molar-refractivity contribution in [3.05, 3.63) is 29.8 Å². The fraction of sp³-hybridized carbons (Fsp3) is 0.500. The summed E-state index contributed by atoms with van der Waals surface area (Å²) >= 11 is 0. The first-order valence-electron chi connectivity index (χ1n) is 6.40. The predicted molar refractivity (Wildman–Crippen MR) is 68.1 cm³/mol. The maximum Gasteiger partial charge on any atom is 0.242 e. The van der Waals surface area contributed by atoms with Crippen molar-refractivity contribution < 1.29 is 4.79 Å². The molecule has 3 rings (SSSR count). The third-order valence-electron chi connectivity index (χ3n) is 3.69. The number of hydrogen-bond acceptors (Lipinski definition) is 2. The molecule has 1 fully saturated rings. The van der Waals surface area contributed by atoms with E-state index >= 15 is 0 Å². The Hall–Kier alpha value is -1.51. The van der Waals surface area contributed by atoms with Crippen molar-refractivity contribution in [3.8, 4) is 0 Å². The van der Waals surface area contributed by atoms with E-state index < -0.39 is 0 Å². The molecule has 1 atom stereocenters. The molecule has 1 aliphatic heterocycles. The minimum absolute atomic E-state index is 0.0563. The molecular formula is C14H18N2O. The quantitative estimate of drug-likeness (QED) is 0.857. The van der Waals surface area contributed by atoms with Gasteiger partial charge in [0, 0.05) is 18.3 Å². The summed E-state index contributed by atoms with van der Waals surface area (Å²) in [4.78, 5) is 14.3. The number of rotatable bonds is 3. The molecule has 0 spiro atoms. The average Bonchev–Trinajstić information content (AvgIpc) is 3.05. The van der Waals surface area contributed by atoms with Gasteiger partial charge >= 0.3 is 0 Å². The van der Waals surface area contributed by atoms with Crippen LogP contribution < -0.4 is 10.2 Å². The van der Waals surface area contributed by atoms with Crippen LogP contribution in [0.4, 0.5) is 5.69 Å². The third-order valence-corrected chi connectivity index (χ3v) is 3.69. The Morgan fingerprint density at radius 3 is 2.94 bits per heavy atom. The van der Waals surface area contributed by atoms with Crippen molar-refractivity contribution in [2.45, 2.75) is 38.3 Å². The summed E-state index contributed by atoms with van der Waals surface area (Å²) in [6.07, 6.45) is 3.35. The van der Waals surface area contributed by atoms with Crippen LogP contribution in [0.3, 0.4) is 0 Å². The van der Waals surface area contributed by atoms with Crippen LogP contribution in [-0.4, -0.2) is 24.5 Å². The van der Waals surface area contributed by atoms with Crippen molar-refractivity contribution in [2.75, 3.05) is 11.4 Å². The van der Waals surface area contributed by atoms with E-state index in [4.69, 9.17) is 0 Å². The Morgan fingerprint density at radius 2 is 2.18 bits per heavy atom. The van der Waals surface area contributed by atoms with Crippen molar-refractivity contribution >= 4 is 11.6 Å². The number of para-hydroxylation sites is 1. The molecule has 0 saturated heterocycles. The molecule has 17 heavy (non-hydrogen) atoms. The van der Waals surface area contributed by atoms with Crippen LogP contribution in [0.5, 0.6) is 0 Å². The van der Waals surface area contributed by atoms with E-state index in [1.165, 1.54) is 11.3 Å². The third kappa shape index (κ3) is 2.02. The Bertz CT molecular complexity index is 440. The molecule has 0 unspecified atom stereocenters. The van der Waals surface area contributed by atoms with Crippen molar-refractivity contribution in [1.82, 2.24) is 5.32 Å². The summed E-state index contributed by atoms with van der Waals surface area (Å²) in [5.74, 6) is 0.171. The number of amides is 1. The topological polar surface area (TPSA) is 32.3 Å². The number of hydrogen-bond donors (Lipinski definition) is 1. The molecule has 1 aromatic rings. The second-order valence-electron chi connectivity index (χ2n) is 5.03. The van der Waals surface area contributed by atoms with Gasteiger partial charge in [0.15, 0.2) is 0 Å². The highest BCUT2D eigenvalue weighted by Gasteiger charge is 2.30. The standard InChI is InChI=1S/C14H18N2O/c1-10(14(17)15-12-6-7-12)16-9-8-11-4-2-3-5-13(11)16/h2-5,10,12H,6-9H2,1H3,(H,15,17)/t10-/m0/s1. The van der Waals surface area contributed by atoms with E-state index in [0.29, 0.717) is 6.04 Å². The van der Waals surface area contributed by atoms with Gasteiger partial charge in [-0.2, -0.15) is 0 Å². The van der Waals surface area contributed by atoms with Crippen LogP contribution in [0.1, 0.15) is 25.3 Å². The lowest BCUT2D eigenvalue weighted by Crippen LogP contribution is -2.45. The van der Waals surface area contributed by atoms with Crippen molar-refractivity contribution in [2.24, 2.45) is 0 Å². The molecule has 3 nitrogen and oxygen atoms in total. The van der Waals surface area contributed by atoms with Crippen LogP contribution in [-0.2, 0) is 11.2 Å². The smallest absolute Gasteiger partial charge is 0.242 e. The Kier molecular flexibility index (Phi) is 2.54. The van der Waals surface area contributed by atoms with E-state index in [0.717, 1.165) is 25.8 Å². The van der Waals surface area contributed by atoms with Crippen LogP contribution >= 0.6 is 0 Å². The minimum atomic E-state index is -0.0563. The zero-order valence-corrected chi connectivity index (χ0v) is 10.1. The molecule has 0 bridgehead atoms. The van der Waals surface area contributed by atoms with Gasteiger partial charge in [0.1, 0.15) is 6.04 Å². The maximum atomic E-state index is 12.0. The summed E-state index contributed by atoms with van der Waals surface area (Å²) < 4.78 is 0. The molecule has 1 saturated carbocycles. The Labute approximate surface area is 102 Å². The minimum Gasteiger partial charge on any atom is -0.359 e. The second-order valence-corrected chi connectivity index (χ2v) is 5.03. The summed E-state index contributed by atoms with van der Waals surface area (Å²) in [5, 5.41) is 3.08. The molecule has 2 aliphatic rings. The van der Waals surface area contributed by atoms with Crippen LogP contribution in [0.2, 0.25) is 0 Å². The normalized spacial score (nSPS) is 19.9. The fourth-order valence-corrected chi connectivity index (χ4v) is 2.46. The molecule has 1 amide bonds. The SMILES string of the molecule is C[C@@H](C(=O)NC1CC1)N1CCc2ccccc21. The molecule has 1 heterocycles. The first-order valence-corrected chi connectivity index (χ1v) is 6.40. The summed E-state index contributed by atoms with van der Waals surface area (Å²) in [5.41, 5.74) is 2.59. The molecule has 0 aromatic heterocycles. The van der Waals surface area contributed by atoms with E-state index in [-0.39, 0.29) is 11.9 Å². The molecule has 1 aliphatic carbocycles. The molecule has 1 aromatic carbocycles. The first-order chi connectivity index (χ1) is 8.25. The number of nitrogens with one attached hydrogen (secondary N) is 1. The van der Waals surface area contributed by atoms with Gasteiger partial charge in [-0.05, 0) is 37.8 Å². The highest BCUT2D eigenvalue weighted by molar-refractivity contribution is 5.86. The van der Waals surface area contributed by atoms with E-state index in [9.17, 15) is 4.79 Å². The highest BCUT2D eigenvalue weighted by atomic mass is 16.2. The predicted octanol–water partition coefficient (Wildman–Crippen LogP) is 1.72. The summed E-state index contributed by atoms with van der Waals surface area (Å²) in [7, 11) is 0. The molecule has 90 valence electrons. The number of carbonyl (C=O) groups is 1. The fourth-order valence-electron chi connectivity index (χ4n) is 2.46. The number of nitrogens with zero attached hydrogens (tertiary/aromatic N) is 1. The van der Waals surface area contributed by atoms with Gasteiger partial charge in [-0.1, -0.05) is 18.2 Å². The number of anilines is 1. The lowest BCUT2D eigenvalue weighted by molar-refractivity contribution is -0.122. The molecular weight excluding hydrogens is 212 g/mol. The monoisotopic (exact) mass is 230 g/mol.